The first-order valence-corrected chi connectivity index (χ1v) is 16.8. The Bertz CT molecular complexity index is 437. The summed E-state index contributed by atoms with van der Waals surface area (Å²) in [5.74, 6) is -0.357. The van der Waals surface area contributed by atoms with E-state index in [0.717, 1.165) is 3.78 Å². The molecule has 0 saturated carbocycles. The van der Waals surface area contributed by atoms with Crippen molar-refractivity contribution in [3.8, 4) is 0 Å². The summed E-state index contributed by atoms with van der Waals surface area (Å²) >= 11 is -2.61. The van der Waals surface area contributed by atoms with Crippen molar-refractivity contribution in [2.45, 2.75) is 79.5 Å². The molecule has 0 unspecified atom stereocenters. The van der Waals surface area contributed by atoms with Crippen LogP contribution in [0.5, 0.6) is 0 Å². The first-order chi connectivity index (χ1) is 11.1. The molecule has 1 rings (SSSR count). The monoisotopic (exact) mass is 431 g/mol. The third kappa shape index (κ3) is 6.12. The third-order valence-electron chi connectivity index (χ3n) is 4.54. The van der Waals surface area contributed by atoms with Crippen LogP contribution in [0.4, 0.5) is 0 Å². The van der Waals surface area contributed by atoms with Crippen LogP contribution >= 0.6 is 0 Å². The normalized spacial score (nSPS) is 11.7. The van der Waals surface area contributed by atoms with Gasteiger partial charge in [-0.1, -0.05) is 0 Å². The molecule has 0 aliphatic heterocycles. The molecular formula is C18H33NO3Sn. The van der Waals surface area contributed by atoms with Gasteiger partial charge in [-0.15, -0.1) is 0 Å². The van der Waals surface area contributed by atoms with Crippen molar-refractivity contribution in [3.05, 3.63) is 11.8 Å². The summed E-state index contributed by atoms with van der Waals surface area (Å²) in [5.41, 5.74) is 0.354. The van der Waals surface area contributed by atoms with Crippen molar-refractivity contribution in [3.63, 3.8) is 0 Å². The number of aromatic nitrogens is 1. The fraction of sp³-hybridized carbons (Fsp3) is 0.778. The van der Waals surface area contributed by atoms with E-state index in [0.29, 0.717) is 12.3 Å². The minimum atomic E-state index is -2.61. The van der Waals surface area contributed by atoms with Crippen molar-refractivity contribution < 1.29 is 14.1 Å². The van der Waals surface area contributed by atoms with Crippen LogP contribution < -0.4 is 3.78 Å². The first-order valence-electron chi connectivity index (χ1n) is 9.27. The first kappa shape index (κ1) is 20.5. The van der Waals surface area contributed by atoms with Gasteiger partial charge in [0.05, 0.1) is 0 Å². The van der Waals surface area contributed by atoms with Crippen LogP contribution in [0.1, 0.15) is 76.7 Å². The molecule has 0 N–H and O–H groups in total. The SMILES string of the molecule is CCC[CH2][Sn]([CH2]CCC)([CH2]CCC)[c]1cc(C(=O)OCC)no1. The van der Waals surface area contributed by atoms with Crippen LogP contribution in [0.25, 0.3) is 0 Å². The molecule has 1 aromatic rings. The van der Waals surface area contributed by atoms with E-state index in [-0.39, 0.29) is 5.97 Å². The van der Waals surface area contributed by atoms with Gasteiger partial charge in [0.1, 0.15) is 0 Å². The summed E-state index contributed by atoms with van der Waals surface area (Å²) in [6.07, 6.45) is 7.44. The van der Waals surface area contributed by atoms with Crippen LogP contribution in [0.3, 0.4) is 0 Å². The summed E-state index contributed by atoms with van der Waals surface area (Å²) in [6.45, 7) is 8.94. The van der Waals surface area contributed by atoms with E-state index in [1.54, 1.807) is 0 Å². The minimum absolute atomic E-state index is 0.354. The molecule has 0 amide bonds. The summed E-state index contributed by atoms with van der Waals surface area (Å²) in [5, 5.41) is 4.03. The van der Waals surface area contributed by atoms with Gasteiger partial charge in [0.25, 0.3) is 0 Å². The number of hydrogen-bond donors (Lipinski definition) is 0. The number of unbranched alkanes of at least 4 members (excludes halogenated alkanes) is 3. The molecule has 23 heavy (non-hydrogen) atoms. The molecular weight excluding hydrogens is 397 g/mol. The summed E-state index contributed by atoms with van der Waals surface area (Å²) in [6, 6.07) is 1.91. The van der Waals surface area contributed by atoms with Crippen LogP contribution in [-0.4, -0.2) is 36.1 Å². The van der Waals surface area contributed by atoms with Gasteiger partial charge in [-0.3, -0.25) is 0 Å². The molecule has 0 radical (unpaired) electrons. The maximum absolute atomic E-state index is 11.9. The van der Waals surface area contributed by atoms with Crippen molar-refractivity contribution in [2.75, 3.05) is 6.61 Å². The number of carbonyl (C=O) groups is 1. The molecule has 0 fully saturated rings. The van der Waals surface area contributed by atoms with Gasteiger partial charge in [-0.25, -0.2) is 0 Å². The Morgan fingerprint density at radius 1 is 1.04 bits per heavy atom. The van der Waals surface area contributed by atoms with Gasteiger partial charge in [0.2, 0.25) is 0 Å². The fourth-order valence-electron chi connectivity index (χ4n) is 3.12. The Morgan fingerprint density at radius 2 is 1.57 bits per heavy atom. The predicted octanol–water partition coefficient (Wildman–Crippen LogP) is 4.91. The molecule has 0 aromatic carbocycles. The molecule has 0 atom stereocenters. The number of hydrogen-bond acceptors (Lipinski definition) is 4. The summed E-state index contributed by atoms with van der Waals surface area (Å²) < 4.78 is 15.8. The van der Waals surface area contributed by atoms with E-state index in [1.165, 1.54) is 51.8 Å². The van der Waals surface area contributed by atoms with Crippen molar-refractivity contribution in [1.82, 2.24) is 5.16 Å². The quantitative estimate of drug-likeness (QED) is 0.350. The van der Waals surface area contributed by atoms with Crippen LogP contribution in [-0.2, 0) is 4.74 Å². The Hall–Kier alpha value is -0.521. The van der Waals surface area contributed by atoms with E-state index < -0.39 is 18.4 Å². The van der Waals surface area contributed by atoms with E-state index in [9.17, 15) is 4.79 Å². The van der Waals surface area contributed by atoms with Crippen molar-refractivity contribution in [1.29, 1.82) is 0 Å². The number of carbonyl (C=O) groups excluding carboxylic acids is 1. The molecule has 0 saturated heterocycles. The third-order valence-corrected chi connectivity index (χ3v) is 19.4. The topological polar surface area (TPSA) is 52.3 Å². The van der Waals surface area contributed by atoms with Crippen molar-refractivity contribution >= 4 is 28.1 Å². The molecule has 5 heteroatoms. The molecule has 1 heterocycles. The summed E-state index contributed by atoms with van der Waals surface area (Å²) in [7, 11) is 0. The Kier molecular flexibility index (Phi) is 9.91. The van der Waals surface area contributed by atoms with E-state index in [1.807, 2.05) is 13.0 Å². The van der Waals surface area contributed by atoms with Crippen LogP contribution in [0.2, 0.25) is 13.3 Å². The van der Waals surface area contributed by atoms with Gasteiger partial charge in [0.15, 0.2) is 0 Å². The molecule has 0 spiro atoms. The molecule has 1 aromatic heterocycles. The average molecular weight is 430 g/mol. The second kappa shape index (κ2) is 11.1. The average Bonchev–Trinajstić information content (AvgIpc) is 3.05. The van der Waals surface area contributed by atoms with Gasteiger partial charge in [-0.05, 0) is 0 Å². The second-order valence-corrected chi connectivity index (χ2v) is 19.4. The van der Waals surface area contributed by atoms with Crippen LogP contribution in [0.15, 0.2) is 10.6 Å². The van der Waals surface area contributed by atoms with E-state index in [4.69, 9.17) is 9.26 Å². The number of esters is 1. The second-order valence-electron chi connectivity index (χ2n) is 6.39. The van der Waals surface area contributed by atoms with Crippen LogP contribution in [0, 0.1) is 0 Å². The molecule has 4 nitrogen and oxygen atoms in total. The standard InChI is InChI=1S/C6H6NO3.3C4H9.Sn/c1-2-9-6(8)5-3-4-10-7-5;3*1-3-4-2;/h3H,2H2,1H3;3*1,3-4H2,2H3;. The van der Waals surface area contributed by atoms with Crippen molar-refractivity contribution in [2.24, 2.45) is 0 Å². The Labute approximate surface area is 145 Å². The Morgan fingerprint density at radius 3 is 2.00 bits per heavy atom. The zero-order chi connectivity index (χ0) is 17.1. The zero-order valence-corrected chi connectivity index (χ0v) is 18.2. The fourth-order valence-corrected chi connectivity index (χ4v) is 18.1. The summed E-state index contributed by atoms with van der Waals surface area (Å²) in [4.78, 5) is 11.9. The van der Waals surface area contributed by atoms with Gasteiger partial charge >= 0.3 is 145 Å². The molecule has 0 bridgehead atoms. The zero-order valence-electron chi connectivity index (χ0n) is 15.3. The van der Waals surface area contributed by atoms with Gasteiger partial charge in [-0.2, -0.15) is 0 Å². The Balaban J connectivity index is 3.06. The predicted molar refractivity (Wildman–Crippen MR) is 97.0 cm³/mol. The molecule has 0 aliphatic carbocycles. The van der Waals surface area contributed by atoms with E-state index in [2.05, 4.69) is 25.9 Å². The maximum atomic E-state index is 11.9. The molecule has 132 valence electrons. The van der Waals surface area contributed by atoms with Gasteiger partial charge < -0.3 is 0 Å². The number of rotatable bonds is 12. The van der Waals surface area contributed by atoms with E-state index >= 15 is 0 Å². The number of nitrogens with zero attached hydrogens (tertiary/aromatic N) is 1. The number of ether oxygens (including phenoxy) is 1. The molecule has 0 aliphatic rings. The van der Waals surface area contributed by atoms with Gasteiger partial charge in [0, 0.05) is 0 Å².